The van der Waals surface area contributed by atoms with Crippen LogP contribution in [-0.2, 0) is 12.8 Å². The topological polar surface area (TPSA) is 12.9 Å². The standard InChI is InChI=1S/C14H14N/c1-12-5-7-13(8-6-12)9-10-14-4-2-3-11-15-14/h2-8,11H,1,9-10H2. The highest BCUT2D eigenvalue weighted by atomic mass is 14.7. The molecule has 15 heavy (non-hydrogen) atoms. The third-order valence-electron chi connectivity index (χ3n) is 2.42. The van der Waals surface area contributed by atoms with Gasteiger partial charge in [-0.1, -0.05) is 30.3 Å². The third kappa shape index (κ3) is 2.91. The summed E-state index contributed by atoms with van der Waals surface area (Å²) in [7, 11) is 0. The second-order valence-corrected chi connectivity index (χ2v) is 3.64. The first-order chi connectivity index (χ1) is 7.34. The van der Waals surface area contributed by atoms with Crippen molar-refractivity contribution in [3.8, 4) is 0 Å². The van der Waals surface area contributed by atoms with Crippen LogP contribution in [0, 0.1) is 6.92 Å². The van der Waals surface area contributed by atoms with Crippen LogP contribution in [0.4, 0.5) is 0 Å². The lowest BCUT2D eigenvalue weighted by Gasteiger charge is -2.01. The van der Waals surface area contributed by atoms with Gasteiger partial charge >= 0.3 is 0 Å². The molecular formula is C14H14N. The van der Waals surface area contributed by atoms with Gasteiger partial charge in [0.05, 0.1) is 0 Å². The Bertz CT molecular complexity index is 403. The summed E-state index contributed by atoms with van der Waals surface area (Å²) in [5.41, 5.74) is 3.56. The average molecular weight is 196 g/mol. The second-order valence-electron chi connectivity index (χ2n) is 3.64. The number of rotatable bonds is 3. The maximum Gasteiger partial charge on any atom is 0.0406 e. The quantitative estimate of drug-likeness (QED) is 0.735. The van der Waals surface area contributed by atoms with Crippen LogP contribution in [0.3, 0.4) is 0 Å². The smallest absolute Gasteiger partial charge is 0.0406 e. The summed E-state index contributed by atoms with van der Waals surface area (Å²) >= 11 is 0. The fourth-order valence-electron chi connectivity index (χ4n) is 1.52. The summed E-state index contributed by atoms with van der Waals surface area (Å²) in [5.74, 6) is 0. The summed E-state index contributed by atoms with van der Waals surface area (Å²) in [6.07, 6.45) is 3.88. The van der Waals surface area contributed by atoms with Gasteiger partial charge in [-0.25, -0.2) is 0 Å². The summed E-state index contributed by atoms with van der Waals surface area (Å²) in [6, 6.07) is 14.4. The Labute approximate surface area is 90.8 Å². The van der Waals surface area contributed by atoms with E-state index < -0.39 is 0 Å². The predicted molar refractivity (Wildman–Crippen MR) is 62.5 cm³/mol. The van der Waals surface area contributed by atoms with Crippen LogP contribution >= 0.6 is 0 Å². The van der Waals surface area contributed by atoms with Crippen molar-refractivity contribution in [3.05, 3.63) is 72.4 Å². The summed E-state index contributed by atoms with van der Waals surface area (Å²) in [4.78, 5) is 4.30. The van der Waals surface area contributed by atoms with E-state index >= 15 is 0 Å². The highest BCUT2D eigenvalue weighted by Crippen LogP contribution is 2.06. The zero-order chi connectivity index (χ0) is 10.5. The van der Waals surface area contributed by atoms with Crippen molar-refractivity contribution in [3.63, 3.8) is 0 Å². The Morgan fingerprint density at radius 3 is 2.40 bits per heavy atom. The molecule has 1 aromatic heterocycles. The first kappa shape index (κ1) is 9.91. The predicted octanol–water partition coefficient (Wildman–Crippen LogP) is 3.05. The van der Waals surface area contributed by atoms with Crippen molar-refractivity contribution in [2.75, 3.05) is 0 Å². The molecule has 0 atom stereocenters. The molecule has 1 heterocycles. The number of pyridine rings is 1. The fraction of sp³-hybridized carbons (Fsp3) is 0.143. The minimum atomic E-state index is 0.997. The second kappa shape index (κ2) is 4.74. The lowest BCUT2D eigenvalue weighted by Crippen LogP contribution is -1.93. The SMILES string of the molecule is [CH2]c1ccc(CCc2ccccn2)cc1. The third-order valence-corrected chi connectivity index (χ3v) is 2.42. The molecule has 0 amide bonds. The van der Waals surface area contributed by atoms with Crippen LogP contribution in [-0.4, -0.2) is 4.98 Å². The van der Waals surface area contributed by atoms with E-state index in [1.165, 1.54) is 5.56 Å². The molecule has 2 aromatic rings. The molecule has 1 aromatic carbocycles. The zero-order valence-electron chi connectivity index (χ0n) is 8.69. The Kier molecular flexibility index (Phi) is 3.13. The normalized spacial score (nSPS) is 10.2. The minimum Gasteiger partial charge on any atom is -0.261 e. The molecule has 1 heteroatoms. The summed E-state index contributed by atoms with van der Waals surface area (Å²) in [6.45, 7) is 3.87. The van der Waals surface area contributed by atoms with Crippen molar-refractivity contribution < 1.29 is 0 Å². The first-order valence-electron chi connectivity index (χ1n) is 5.15. The summed E-state index contributed by atoms with van der Waals surface area (Å²) in [5, 5.41) is 0. The number of hydrogen-bond acceptors (Lipinski definition) is 1. The minimum absolute atomic E-state index is 0.997. The van der Waals surface area contributed by atoms with Crippen molar-refractivity contribution in [2.45, 2.75) is 12.8 Å². The van der Waals surface area contributed by atoms with Crippen molar-refractivity contribution >= 4 is 0 Å². The van der Waals surface area contributed by atoms with E-state index in [9.17, 15) is 0 Å². The Balaban J connectivity index is 1.96. The van der Waals surface area contributed by atoms with Gasteiger partial charge in [-0.05, 0) is 43.0 Å². The highest BCUT2D eigenvalue weighted by molar-refractivity contribution is 5.24. The lowest BCUT2D eigenvalue weighted by molar-refractivity contribution is 0.913. The largest absolute Gasteiger partial charge is 0.261 e. The van der Waals surface area contributed by atoms with Crippen molar-refractivity contribution in [1.82, 2.24) is 4.98 Å². The van der Waals surface area contributed by atoms with E-state index in [1.807, 2.05) is 30.5 Å². The van der Waals surface area contributed by atoms with Gasteiger partial charge in [0.1, 0.15) is 0 Å². The molecule has 1 radical (unpaired) electrons. The molecule has 0 spiro atoms. The molecule has 1 nitrogen and oxygen atoms in total. The molecule has 0 fully saturated rings. The number of benzene rings is 1. The van der Waals surface area contributed by atoms with Crippen molar-refractivity contribution in [1.29, 1.82) is 0 Å². The van der Waals surface area contributed by atoms with Gasteiger partial charge in [0.25, 0.3) is 0 Å². The van der Waals surface area contributed by atoms with Gasteiger partial charge in [0, 0.05) is 11.9 Å². The van der Waals surface area contributed by atoms with Crippen LogP contribution < -0.4 is 0 Å². The monoisotopic (exact) mass is 196 g/mol. The zero-order valence-corrected chi connectivity index (χ0v) is 8.69. The molecule has 0 bridgehead atoms. The van der Waals surface area contributed by atoms with Gasteiger partial charge in [0.15, 0.2) is 0 Å². The van der Waals surface area contributed by atoms with Crippen molar-refractivity contribution in [2.24, 2.45) is 0 Å². The van der Waals surface area contributed by atoms with Crippen LogP contribution in [0.1, 0.15) is 16.8 Å². The number of hydrogen-bond donors (Lipinski definition) is 0. The molecule has 0 N–H and O–H groups in total. The van der Waals surface area contributed by atoms with Crippen LogP contribution in [0.5, 0.6) is 0 Å². The van der Waals surface area contributed by atoms with Gasteiger partial charge in [-0.2, -0.15) is 0 Å². The van der Waals surface area contributed by atoms with Crippen LogP contribution in [0.15, 0.2) is 48.7 Å². The summed E-state index contributed by atoms with van der Waals surface area (Å²) < 4.78 is 0. The molecule has 0 saturated carbocycles. The number of nitrogens with zero attached hydrogens (tertiary/aromatic N) is 1. The fourth-order valence-corrected chi connectivity index (χ4v) is 1.52. The van der Waals surface area contributed by atoms with Gasteiger partial charge < -0.3 is 0 Å². The first-order valence-corrected chi connectivity index (χ1v) is 5.15. The van der Waals surface area contributed by atoms with Gasteiger partial charge in [0.2, 0.25) is 0 Å². The van der Waals surface area contributed by atoms with E-state index in [2.05, 4.69) is 30.1 Å². The Morgan fingerprint density at radius 1 is 0.933 bits per heavy atom. The Morgan fingerprint density at radius 2 is 1.73 bits per heavy atom. The molecule has 0 aliphatic carbocycles. The molecule has 0 unspecified atom stereocenters. The Hall–Kier alpha value is -1.63. The number of aromatic nitrogens is 1. The van der Waals surface area contributed by atoms with E-state index in [0.29, 0.717) is 0 Å². The highest BCUT2D eigenvalue weighted by Gasteiger charge is 1.95. The van der Waals surface area contributed by atoms with Crippen LogP contribution in [0.25, 0.3) is 0 Å². The van der Waals surface area contributed by atoms with E-state index in [1.54, 1.807) is 0 Å². The molecule has 2 rings (SSSR count). The van der Waals surface area contributed by atoms with E-state index in [0.717, 1.165) is 24.1 Å². The van der Waals surface area contributed by atoms with Crippen LogP contribution in [0.2, 0.25) is 0 Å². The maximum atomic E-state index is 4.30. The molecule has 75 valence electrons. The molecule has 0 saturated heterocycles. The average Bonchev–Trinajstić information content (AvgIpc) is 2.30. The van der Waals surface area contributed by atoms with Gasteiger partial charge in [-0.15, -0.1) is 0 Å². The van der Waals surface area contributed by atoms with E-state index in [4.69, 9.17) is 0 Å². The lowest BCUT2D eigenvalue weighted by atomic mass is 10.1. The number of aryl methyl sites for hydroxylation is 2. The van der Waals surface area contributed by atoms with E-state index in [-0.39, 0.29) is 0 Å². The van der Waals surface area contributed by atoms with Gasteiger partial charge in [-0.3, -0.25) is 4.98 Å². The maximum absolute atomic E-state index is 4.30. The molecular weight excluding hydrogens is 182 g/mol. The molecule has 0 aliphatic rings. The molecule has 0 aliphatic heterocycles.